The highest BCUT2D eigenvalue weighted by Gasteiger charge is 2.27. The fraction of sp³-hybridized carbons (Fsp3) is 0.923. The van der Waals surface area contributed by atoms with Crippen LogP contribution in [0, 0.1) is 5.92 Å². The molecule has 0 aromatic heterocycles. The molecule has 1 aliphatic carbocycles. The molecule has 1 saturated carbocycles. The van der Waals surface area contributed by atoms with Gasteiger partial charge < -0.3 is 10.6 Å². The smallest absolute Gasteiger partial charge is 0.191 e. The van der Waals surface area contributed by atoms with Crippen molar-refractivity contribution in [2.75, 3.05) is 33.2 Å². The van der Waals surface area contributed by atoms with E-state index in [4.69, 9.17) is 0 Å². The number of rotatable bonds is 7. The molecule has 17 heavy (non-hydrogen) atoms. The molecule has 1 aliphatic rings. The number of hydrogen-bond acceptors (Lipinski definition) is 2. The summed E-state index contributed by atoms with van der Waals surface area (Å²) >= 11 is 0. The summed E-state index contributed by atoms with van der Waals surface area (Å²) in [5, 5.41) is 6.70. The Balaban J connectivity index is 2.14. The lowest BCUT2D eigenvalue weighted by atomic mass is 10.2. The number of guanidine groups is 1. The predicted octanol–water partition coefficient (Wildman–Crippen LogP) is 1.29. The Morgan fingerprint density at radius 2 is 2.06 bits per heavy atom. The summed E-state index contributed by atoms with van der Waals surface area (Å²) in [6, 6.07) is 0.854. The van der Waals surface area contributed by atoms with Gasteiger partial charge in [0.2, 0.25) is 0 Å². The van der Waals surface area contributed by atoms with Gasteiger partial charge in [0.25, 0.3) is 0 Å². The summed E-state index contributed by atoms with van der Waals surface area (Å²) in [6.45, 7) is 10.9. The van der Waals surface area contributed by atoms with E-state index in [1.54, 1.807) is 0 Å². The van der Waals surface area contributed by atoms with Crippen LogP contribution in [0.15, 0.2) is 4.99 Å². The minimum atomic E-state index is 0.646. The molecule has 2 N–H and O–H groups in total. The second kappa shape index (κ2) is 7.54. The maximum absolute atomic E-state index is 4.22. The fourth-order valence-electron chi connectivity index (χ4n) is 1.88. The summed E-state index contributed by atoms with van der Waals surface area (Å²) in [6.07, 6.45) is 2.77. The van der Waals surface area contributed by atoms with Crippen LogP contribution in [-0.4, -0.2) is 50.1 Å². The second-order valence-electron chi connectivity index (χ2n) is 5.13. The highest BCUT2D eigenvalue weighted by atomic mass is 15.2. The number of nitrogens with zero attached hydrogens (tertiary/aromatic N) is 2. The van der Waals surface area contributed by atoms with Crippen molar-refractivity contribution in [2.24, 2.45) is 10.9 Å². The Kier molecular flexibility index (Phi) is 6.34. The maximum atomic E-state index is 4.22. The molecule has 0 unspecified atom stereocenters. The lowest BCUT2D eigenvalue weighted by Gasteiger charge is -2.21. The van der Waals surface area contributed by atoms with E-state index in [1.807, 2.05) is 7.05 Å². The third kappa shape index (κ3) is 5.91. The Morgan fingerprint density at radius 1 is 1.35 bits per heavy atom. The molecule has 0 heterocycles. The summed E-state index contributed by atoms with van der Waals surface area (Å²) in [7, 11) is 1.83. The van der Waals surface area contributed by atoms with E-state index in [0.717, 1.165) is 38.2 Å². The highest BCUT2D eigenvalue weighted by molar-refractivity contribution is 5.79. The van der Waals surface area contributed by atoms with Crippen LogP contribution in [0.1, 0.15) is 33.6 Å². The van der Waals surface area contributed by atoms with Gasteiger partial charge in [-0.3, -0.25) is 9.89 Å². The zero-order valence-electron chi connectivity index (χ0n) is 11.8. The number of likely N-dealkylation sites (N-methyl/N-ethyl adjacent to an activating group) is 1. The van der Waals surface area contributed by atoms with Crippen LogP contribution in [-0.2, 0) is 0 Å². The first-order chi connectivity index (χ1) is 8.17. The maximum Gasteiger partial charge on any atom is 0.191 e. The molecule has 0 bridgehead atoms. The van der Waals surface area contributed by atoms with Crippen molar-refractivity contribution in [2.45, 2.75) is 39.7 Å². The van der Waals surface area contributed by atoms with Crippen molar-refractivity contribution in [3.63, 3.8) is 0 Å². The summed E-state index contributed by atoms with van der Waals surface area (Å²) in [5.41, 5.74) is 0. The van der Waals surface area contributed by atoms with Gasteiger partial charge >= 0.3 is 0 Å². The van der Waals surface area contributed by atoms with Gasteiger partial charge in [0.15, 0.2) is 5.96 Å². The van der Waals surface area contributed by atoms with Crippen molar-refractivity contribution in [1.82, 2.24) is 15.5 Å². The van der Waals surface area contributed by atoms with Gasteiger partial charge in [0.1, 0.15) is 0 Å². The zero-order chi connectivity index (χ0) is 12.7. The van der Waals surface area contributed by atoms with Crippen LogP contribution in [0.5, 0.6) is 0 Å². The largest absolute Gasteiger partial charge is 0.356 e. The SMILES string of the molecule is CCN(CCNC(=NC)NCC(C)C)C1CC1. The van der Waals surface area contributed by atoms with Gasteiger partial charge in [0.05, 0.1) is 0 Å². The highest BCUT2D eigenvalue weighted by Crippen LogP contribution is 2.25. The first-order valence-electron chi connectivity index (χ1n) is 6.86. The van der Waals surface area contributed by atoms with Crippen molar-refractivity contribution in [3.05, 3.63) is 0 Å². The molecule has 100 valence electrons. The topological polar surface area (TPSA) is 39.7 Å². The molecule has 0 amide bonds. The van der Waals surface area contributed by atoms with E-state index in [1.165, 1.54) is 12.8 Å². The second-order valence-corrected chi connectivity index (χ2v) is 5.13. The number of aliphatic imine (C=N–C) groups is 1. The molecule has 0 saturated heterocycles. The van der Waals surface area contributed by atoms with Gasteiger partial charge in [-0.1, -0.05) is 20.8 Å². The lowest BCUT2D eigenvalue weighted by molar-refractivity contribution is 0.282. The van der Waals surface area contributed by atoms with Gasteiger partial charge in [-0.15, -0.1) is 0 Å². The standard InChI is InChI=1S/C13H28N4/c1-5-17(12-6-7-12)9-8-15-13(14-4)16-10-11(2)3/h11-12H,5-10H2,1-4H3,(H2,14,15,16). The summed E-state index contributed by atoms with van der Waals surface area (Å²) in [5.74, 6) is 1.57. The van der Waals surface area contributed by atoms with Crippen LogP contribution < -0.4 is 10.6 Å². The van der Waals surface area contributed by atoms with Crippen molar-refractivity contribution in [1.29, 1.82) is 0 Å². The number of hydrogen-bond donors (Lipinski definition) is 2. The average Bonchev–Trinajstić information content (AvgIpc) is 3.12. The Hall–Kier alpha value is -0.770. The van der Waals surface area contributed by atoms with Crippen molar-refractivity contribution >= 4 is 5.96 Å². The Morgan fingerprint density at radius 3 is 2.53 bits per heavy atom. The quantitative estimate of drug-likeness (QED) is 0.520. The van der Waals surface area contributed by atoms with Crippen LogP contribution >= 0.6 is 0 Å². The minimum absolute atomic E-state index is 0.646. The first-order valence-corrected chi connectivity index (χ1v) is 6.86. The molecule has 0 radical (unpaired) electrons. The van der Waals surface area contributed by atoms with E-state index in [-0.39, 0.29) is 0 Å². The molecule has 0 atom stereocenters. The minimum Gasteiger partial charge on any atom is -0.356 e. The first kappa shape index (κ1) is 14.3. The van der Waals surface area contributed by atoms with Gasteiger partial charge in [0, 0.05) is 32.7 Å². The number of nitrogens with one attached hydrogen (secondary N) is 2. The van der Waals surface area contributed by atoms with E-state index in [9.17, 15) is 0 Å². The predicted molar refractivity (Wildman–Crippen MR) is 74.5 cm³/mol. The molecule has 0 aromatic carbocycles. The summed E-state index contributed by atoms with van der Waals surface area (Å²) in [4.78, 5) is 6.76. The molecule has 4 nitrogen and oxygen atoms in total. The molecule has 0 aliphatic heterocycles. The van der Waals surface area contributed by atoms with Gasteiger partial charge in [-0.05, 0) is 25.3 Å². The van der Waals surface area contributed by atoms with Gasteiger partial charge in [-0.25, -0.2) is 0 Å². The van der Waals surface area contributed by atoms with E-state index in [2.05, 4.69) is 41.3 Å². The fourth-order valence-corrected chi connectivity index (χ4v) is 1.88. The van der Waals surface area contributed by atoms with Crippen LogP contribution in [0.4, 0.5) is 0 Å². The Bertz CT molecular complexity index is 234. The molecule has 1 fully saturated rings. The third-order valence-electron chi connectivity index (χ3n) is 3.06. The molecule has 0 aromatic rings. The molecular weight excluding hydrogens is 212 g/mol. The van der Waals surface area contributed by atoms with E-state index >= 15 is 0 Å². The average molecular weight is 240 g/mol. The summed E-state index contributed by atoms with van der Waals surface area (Å²) < 4.78 is 0. The Labute approximate surface area is 106 Å². The lowest BCUT2D eigenvalue weighted by Crippen LogP contribution is -2.43. The van der Waals surface area contributed by atoms with Crippen LogP contribution in [0.25, 0.3) is 0 Å². The van der Waals surface area contributed by atoms with Crippen LogP contribution in [0.2, 0.25) is 0 Å². The van der Waals surface area contributed by atoms with Gasteiger partial charge in [-0.2, -0.15) is 0 Å². The van der Waals surface area contributed by atoms with Crippen LogP contribution in [0.3, 0.4) is 0 Å². The zero-order valence-corrected chi connectivity index (χ0v) is 11.8. The molecule has 4 heteroatoms. The molecule has 1 rings (SSSR count). The van der Waals surface area contributed by atoms with E-state index < -0.39 is 0 Å². The third-order valence-corrected chi connectivity index (χ3v) is 3.06. The normalized spacial score (nSPS) is 16.7. The molecular formula is C13H28N4. The monoisotopic (exact) mass is 240 g/mol. The molecule has 0 spiro atoms. The van der Waals surface area contributed by atoms with Crippen molar-refractivity contribution in [3.8, 4) is 0 Å². The van der Waals surface area contributed by atoms with Crippen molar-refractivity contribution < 1.29 is 0 Å². The van der Waals surface area contributed by atoms with E-state index in [0.29, 0.717) is 5.92 Å².